The maximum absolute atomic E-state index is 12.4. The van der Waals surface area contributed by atoms with E-state index in [1.54, 1.807) is 6.92 Å². The van der Waals surface area contributed by atoms with Gasteiger partial charge in [-0.05, 0) is 19.8 Å². The van der Waals surface area contributed by atoms with E-state index in [0.717, 1.165) is 10.9 Å². The smallest absolute Gasteiger partial charge is 0.387 e. The molecule has 0 spiro atoms. The fourth-order valence-corrected chi connectivity index (χ4v) is 6.73. The number of nitrogens with zero attached hydrogens (tertiary/aromatic N) is 2. The molecule has 208 valence electrons. The lowest BCUT2D eigenvalue weighted by atomic mass is 10.0. The molecule has 0 aromatic carbocycles. The highest BCUT2D eigenvalue weighted by atomic mass is 31.3. The summed E-state index contributed by atoms with van der Waals surface area (Å²) in [5.74, 6) is 0. The van der Waals surface area contributed by atoms with Crippen LogP contribution in [0, 0.1) is 0 Å². The third kappa shape index (κ3) is 7.40. The lowest BCUT2D eigenvalue weighted by molar-refractivity contribution is -0.0825. The third-order valence-electron chi connectivity index (χ3n) is 4.92. The molecule has 22 heteroatoms. The monoisotopic (exact) mass is 592 g/mol. The van der Waals surface area contributed by atoms with Gasteiger partial charge in [0, 0.05) is 0 Å². The SMILES string of the molecule is C=C(C)CCC(OP(=O)(O)OP(=O)(O)OP(=O)(O)O)[C@H]1O[C@@H](n2cnc3c(=O)[nH]c(=O)[nH]c32)[C@H](O)[C@@H]1O. The number of fused-ring (bicyclic) bond motifs is 1. The predicted molar refractivity (Wildman–Crippen MR) is 120 cm³/mol. The number of aromatic nitrogens is 4. The Balaban J connectivity index is 1.90. The van der Waals surface area contributed by atoms with Crippen molar-refractivity contribution in [2.75, 3.05) is 0 Å². The summed E-state index contributed by atoms with van der Waals surface area (Å²) in [6.45, 7) is 5.23. The Kier molecular flexibility index (Phi) is 8.63. The van der Waals surface area contributed by atoms with Gasteiger partial charge < -0.3 is 34.5 Å². The molecule has 0 saturated carbocycles. The molecule has 3 unspecified atom stereocenters. The summed E-state index contributed by atoms with van der Waals surface area (Å²) < 4.78 is 53.8. The van der Waals surface area contributed by atoms with Crippen molar-refractivity contribution in [1.29, 1.82) is 0 Å². The number of H-pyrrole nitrogens is 2. The van der Waals surface area contributed by atoms with Crippen LogP contribution in [-0.4, -0.2) is 73.7 Å². The Bertz CT molecular complexity index is 1430. The van der Waals surface area contributed by atoms with Crippen LogP contribution in [-0.2, 0) is 31.6 Å². The number of hydrogen-bond donors (Lipinski definition) is 8. The molecule has 7 atom stereocenters. The van der Waals surface area contributed by atoms with Crippen molar-refractivity contribution in [3.05, 3.63) is 39.3 Å². The van der Waals surface area contributed by atoms with Gasteiger partial charge >= 0.3 is 29.2 Å². The maximum Gasteiger partial charge on any atom is 0.490 e. The molecule has 1 aliphatic rings. The number of phosphoric acid groups is 3. The van der Waals surface area contributed by atoms with Gasteiger partial charge in [0.15, 0.2) is 11.7 Å². The van der Waals surface area contributed by atoms with Crippen LogP contribution < -0.4 is 11.2 Å². The first-order valence-electron chi connectivity index (χ1n) is 10.1. The number of rotatable bonds is 11. The van der Waals surface area contributed by atoms with Crippen molar-refractivity contribution in [3.63, 3.8) is 0 Å². The lowest BCUT2D eigenvalue weighted by Crippen LogP contribution is -2.39. The van der Waals surface area contributed by atoms with Gasteiger partial charge in [0.05, 0.1) is 12.4 Å². The number of aliphatic hydroxyl groups excluding tert-OH is 2. The Morgan fingerprint density at radius 1 is 1.14 bits per heavy atom. The quantitative estimate of drug-likeness (QED) is 0.116. The summed E-state index contributed by atoms with van der Waals surface area (Å²) in [4.78, 5) is 68.4. The molecular formula is C15H23N4O15P3. The average molecular weight is 592 g/mol. The Morgan fingerprint density at radius 2 is 1.78 bits per heavy atom. The van der Waals surface area contributed by atoms with Gasteiger partial charge in [0.25, 0.3) is 5.56 Å². The highest BCUT2D eigenvalue weighted by Gasteiger charge is 2.50. The van der Waals surface area contributed by atoms with Gasteiger partial charge in [-0.25, -0.2) is 23.5 Å². The van der Waals surface area contributed by atoms with Crippen molar-refractivity contribution in [1.82, 2.24) is 19.5 Å². The largest absolute Gasteiger partial charge is 0.490 e. The number of phosphoric ester groups is 1. The van der Waals surface area contributed by atoms with Gasteiger partial charge in [-0.2, -0.15) is 8.62 Å². The van der Waals surface area contributed by atoms with E-state index in [1.807, 2.05) is 4.98 Å². The zero-order valence-corrected chi connectivity index (χ0v) is 21.4. The average Bonchev–Trinajstić information content (AvgIpc) is 3.24. The topological polar surface area (TPSA) is 293 Å². The Morgan fingerprint density at radius 3 is 2.38 bits per heavy atom. The molecule has 2 aromatic rings. The molecular weight excluding hydrogens is 569 g/mol. The zero-order chi connectivity index (χ0) is 27.9. The van der Waals surface area contributed by atoms with Crippen molar-refractivity contribution in [3.8, 4) is 0 Å². The van der Waals surface area contributed by atoms with Crippen molar-refractivity contribution in [2.24, 2.45) is 0 Å². The molecule has 0 radical (unpaired) electrons. The van der Waals surface area contributed by atoms with Gasteiger partial charge in [-0.3, -0.25) is 23.9 Å². The first-order valence-corrected chi connectivity index (χ1v) is 14.6. The number of nitrogens with one attached hydrogen (secondary N) is 2. The second-order valence-electron chi connectivity index (χ2n) is 7.96. The van der Waals surface area contributed by atoms with E-state index in [4.69, 9.17) is 19.0 Å². The summed E-state index contributed by atoms with van der Waals surface area (Å²) in [6, 6.07) is 0. The summed E-state index contributed by atoms with van der Waals surface area (Å²) in [5, 5.41) is 21.2. The van der Waals surface area contributed by atoms with E-state index in [1.165, 1.54) is 0 Å². The minimum atomic E-state index is -5.83. The van der Waals surface area contributed by atoms with Crippen molar-refractivity contribution >= 4 is 34.6 Å². The van der Waals surface area contributed by atoms with E-state index < -0.39 is 65.4 Å². The molecule has 1 saturated heterocycles. The molecule has 1 aliphatic heterocycles. The molecule has 0 aliphatic carbocycles. The number of aliphatic hydroxyl groups is 2. The normalized spacial score (nSPS) is 26.6. The van der Waals surface area contributed by atoms with E-state index in [9.17, 15) is 43.3 Å². The Labute approximate surface area is 205 Å². The maximum atomic E-state index is 12.4. The van der Waals surface area contributed by atoms with E-state index in [2.05, 4.69) is 25.2 Å². The van der Waals surface area contributed by atoms with E-state index >= 15 is 0 Å². The third-order valence-corrected chi connectivity index (χ3v) is 8.79. The van der Waals surface area contributed by atoms with E-state index in [0.29, 0.717) is 5.57 Å². The minimum Gasteiger partial charge on any atom is -0.387 e. The highest BCUT2D eigenvalue weighted by molar-refractivity contribution is 7.66. The van der Waals surface area contributed by atoms with Gasteiger partial charge in [0.2, 0.25) is 0 Å². The van der Waals surface area contributed by atoms with E-state index in [-0.39, 0.29) is 24.0 Å². The molecule has 0 bridgehead atoms. The van der Waals surface area contributed by atoms with Gasteiger partial charge in [0.1, 0.15) is 24.0 Å². The van der Waals surface area contributed by atoms with Crippen LogP contribution in [0.25, 0.3) is 11.2 Å². The fourth-order valence-electron chi connectivity index (χ4n) is 3.50. The second kappa shape index (κ2) is 10.7. The minimum absolute atomic E-state index is 0.0878. The molecule has 1 fully saturated rings. The number of aromatic amines is 2. The first-order chi connectivity index (χ1) is 16.9. The zero-order valence-electron chi connectivity index (χ0n) is 18.7. The van der Waals surface area contributed by atoms with Crippen LogP contribution in [0.5, 0.6) is 0 Å². The van der Waals surface area contributed by atoms with Crippen LogP contribution in [0.1, 0.15) is 26.0 Å². The summed E-state index contributed by atoms with van der Waals surface area (Å²) in [5.41, 5.74) is -1.65. The molecule has 3 rings (SSSR count). The van der Waals surface area contributed by atoms with Crippen LogP contribution in [0.15, 0.2) is 28.1 Å². The van der Waals surface area contributed by atoms with Crippen LogP contribution in [0.2, 0.25) is 0 Å². The molecule has 3 heterocycles. The van der Waals surface area contributed by atoms with Crippen LogP contribution >= 0.6 is 23.5 Å². The molecule has 37 heavy (non-hydrogen) atoms. The summed E-state index contributed by atoms with van der Waals surface area (Å²) in [7, 11) is -17.1. The van der Waals surface area contributed by atoms with Crippen LogP contribution in [0.3, 0.4) is 0 Å². The number of allylic oxidation sites excluding steroid dienone is 1. The lowest BCUT2D eigenvalue weighted by Gasteiger charge is -2.27. The Hall–Kier alpha value is -1.82. The molecule has 0 amide bonds. The second-order valence-corrected chi connectivity index (χ2v) is 12.3. The summed E-state index contributed by atoms with van der Waals surface area (Å²) in [6.07, 6.45) is -7.54. The highest BCUT2D eigenvalue weighted by Crippen LogP contribution is 2.67. The summed E-state index contributed by atoms with van der Waals surface area (Å²) >= 11 is 0. The number of ether oxygens (including phenoxy) is 1. The van der Waals surface area contributed by atoms with Crippen molar-refractivity contribution in [2.45, 2.75) is 50.4 Å². The van der Waals surface area contributed by atoms with Gasteiger partial charge in [-0.1, -0.05) is 5.57 Å². The standard InChI is InChI=1S/C15H23N4O15P3/c1-6(2)3-4-7(32-36(27,28)34-37(29,30)33-35(24,25)26)11-9(20)10(21)14(31-11)19-5-16-8-12(19)17-15(23)18-13(8)22/h5,7,9-11,14,20-21H,1,3-4H2,2H3,(H,27,28)(H,29,30)(H2,24,25,26)(H2,17,18,22,23)/t7?,9-,10+,11+,14+/m0/s1. The van der Waals surface area contributed by atoms with Gasteiger partial charge in [-0.15, -0.1) is 6.58 Å². The number of imidazole rings is 1. The molecule has 2 aromatic heterocycles. The predicted octanol–water partition coefficient (Wildman–Crippen LogP) is -0.900. The molecule has 19 nitrogen and oxygen atoms in total. The number of hydrogen-bond acceptors (Lipinski definition) is 12. The van der Waals surface area contributed by atoms with Crippen molar-refractivity contribution < 1.29 is 61.4 Å². The fraction of sp³-hybridized carbons (Fsp3) is 0.533. The first kappa shape index (κ1) is 29.7. The molecule has 8 N–H and O–H groups in total. The van der Waals surface area contributed by atoms with Crippen LogP contribution in [0.4, 0.5) is 0 Å².